The van der Waals surface area contributed by atoms with Crippen molar-refractivity contribution in [3.8, 4) is 10.4 Å². The zero-order chi connectivity index (χ0) is 13.7. The molecule has 1 nitrogen and oxygen atoms in total. The van der Waals surface area contributed by atoms with Gasteiger partial charge in [0, 0.05) is 22.8 Å². The molecule has 2 aromatic rings. The van der Waals surface area contributed by atoms with Crippen molar-refractivity contribution in [1.29, 1.82) is 0 Å². The number of hydrogen-bond donors (Lipinski definition) is 1. The third-order valence-electron chi connectivity index (χ3n) is 2.60. The molecule has 0 radical (unpaired) electrons. The molecule has 19 heavy (non-hydrogen) atoms. The third-order valence-corrected chi connectivity index (χ3v) is 3.74. The van der Waals surface area contributed by atoms with Crippen LogP contribution in [0.1, 0.15) is 11.3 Å². The van der Waals surface area contributed by atoms with Crippen LogP contribution in [-0.2, 0) is 6.54 Å². The second kappa shape index (κ2) is 6.21. The smallest absolute Gasteiger partial charge is 0.312 e. The lowest BCUT2D eigenvalue weighted by Gasteiger charge is -2.06. The lowest BCUT2D eigenvalue weighted by molar-refractivity contribution is -0.133. The predicted molar refractivity (Wildman–Crippen MR) is 72.1 cm³/mol. The van der Waals surface area contributed by atoms with Crippen LogP contribution in [0.5, 0.6) is 0 Å². The monoisotopic (exact) mass is 285 g/mol. The fourth-order valence-corrected chi connectivity index (χ4v) is 2.66. The predicted octanol–water partition coefficient (Wildman–Crippen LogP) is 4.46. The molecule has 1 aromatic heterocycles. The molecule has 102 valence electrons. The Labute approximate surface area is 114 Å². The molecule has 0 atom stereocenters. The molecule has 5 heteroatoms. The Kier molecular flexibility index (Phi) is 4.61. The average molecular weight is 285 g/mol. The van der Waals surface area contributed by atoms with Crippen LogP contribution in [0.3, 0.4) is 0 Å². The second-order valence-corrected chi connectivity index (χ2v) is 5.34. The summed E-state index contributed by atoms with van der Waals surface area (Å²) in [6.07, 6.45) is -4.87. The Hall–Kier alpha value is -1.33. The molecule has 0 aliphatic carbocycles. The van der Waals surface area contributed by atoms with Crippen LogP contribution in [0.2, 0.25) is 0 Å². The van der Waals surface area contributed by atoms with Gasteiger partial charge in [-0.3, -0.25) is 0 Å². The molecule has 0 spiro atoms. The molecular weight excluding hydrogens is 271 g/mol. The Morgan fingerprint density at radius 1 is 1.00 bits per heavy atom. The van der Waals surface area contributed by atoms with Crippen molar-refractivity contribution < 1.29 is 13.2 Å². The number of rotatable bonds is 5. The molecule has 2 rings (SSSR count). The van der Waals surface area contributed by atoms with Crippen molar-refractivity contribution in [2.45, 2.75) is 19.1 Å². The Morgan fingerprint density at radius 3 is 2.42 bits per heavy atom. The lowest BCUT2D eigenvalue weighted by atomic mass is 10.2. The van der Waals surface area contributed by atoms with E-state index >= 15 is 0 Å². The molecule has 1 heterocycles. The summed E-state index contributed by atoms with van der Waals surface area (Å²) in [4.78, 5) is 2.18. The van der Waals surface area contributed by atoms with Gasteiger partial charge in [0.2, 0.25) is 0 Å². The minimum atomic E-state index is -4.09. The number of hydrogen-bond acceptors (Lipinski definition) is 2. The van der Waals surface area contributed by atoms with Crippen LogP contribution in [-0.4, -0.2) is 12.7 Å². The van der Waals surface area contributed by atoms with E-state index in [1.54, 1.807) is 11.3 Å². The summed E-state index contributed by atoms with van der Waals surface area (Å²) < 4.78 is 35.9. The molecule has 0 saturated heterocycles. The zero-order valence-electron chi connectivity index (χ0n) is 10.2. The van der Waals surface area contributed by atoms with Crippen LogP contribution >= 0.6 is 11.3 Å². The van der Waals surface area contributed by atoms with Crippen LogP contribution in [0, 0.1) is 0 Å². The summed E-state index contributed by atoms with van der Waals surface area (Å²) in [5, 5.41) is 2.81. The van der Waals surface area contributed by atoms with E-state index in [1.165, 1.54) is 0 Å². The number of halogens is 3. The first kappa shape index (κ1) is 14.1. The van der Waals surface area contributed by atoms with Gasteiger partial charge in [0.15, 0.2) is 0 Å². The van der Waals surface area contributed by atoms with E-state index < -0.39 is 12.6 Å². The van der Waals surface area contributed by atoms with E-state index in [0.29, 0.717) is 6.54 Å². The van der Waals surface area contributed by atoms with E-state index in [1.807, 2.05) is 42.5 Å². The summed E-state index contributed by atoms with van der Waals surface area (Å²) >= 11 is 1.60. The molecule has 0 fully saturated rings. The second-order valence-electron chi connectivity index (χ2n) is 4.17. The molecule has 1 N–H and O–H groups in total. The Morgan fingerprint density at radius 2 is 1.74 bits per heavy atom. The van der Waals surface area contributed by atoms with Gasteiger partial charge in [-0.25, -0.2) is 0 Å². The lowest BCUT2D eigenvalue weighted by Crippen LogP contribution is -2.20. The van der Waals surface area contributed by atoms with Gasteiger partial charge < -0.3 is 5.32 Å². The minimum Gasteiger partial charge on any atom is -0.312 e. The molecule has 0 unspecified atom stereocenters. The number of benzene rings is 1. The van der Waals surface area contributed by atoms with E-state index in [9.17, 15) is 13.2 Å². The first-order valence-corrected chi connectivity index (χ1v) is 6.78. The molecule has 0 saturated carbocycles. The van der Waals surface area contributed by atoms with Crippen LogP contribution in [0.4, 0.5) is 13.2 Å². The molecular formula is C14H14F3NS. The summed E-state index contributed by atoms with van der Waals surface area (Å²) in [7, 11) is 0. The van der Waals surface area contributed by atoms with E-state index in [2.05, 4.69) is 5.32 Å². The topological polar surface area (TPSA) is 12.0 Å². The molecule has 1 aromatic carbocycles. The maximum Gasteiger partial charge on any atom is 0.390 e. The maximum atomic E-state index is 12.0. The zero-order valence-corrected chi connectivity index (χ0v) is 11.0. The fourth-order valence-electron chi connectivity index (χ4n) is 1.67. The van der Waals surface area contributed by atoms with Gasteiger partial charge in [-0.05, 0) is 17.7 Å². The van der Waals surface area contributed by atoms with Gasteiger partial charge in [-0.1, -0.05) is 30.3 Å². The quantitative estimate of drug-likeness (QED) is 0.800. The normalized spacial score (nSPS) is 11.7. The summed E-state index contributed by atoms with van der Waals surface area (Å²) in [5.41, 5.74) is 1.13. The van der Waals surface area contributed by atoms with Crippen LogP contribution in [0.15, 0.2) is 42.5 Å². The molecule has 0 bridgehead atoms. The van der Waals surface area contributed by atoms with Gasteiger partial charge in [-0.15, -0.1) is 11.3 Å². The highest BCUT2D eigenvalue weighted by atomic mass is 32.1. The summed E-state index contributed by atoms with van der Waals surface area (Å²) in [5.74, 6) is 0. The van der Waals surface area contributed by atoms with Crippen molar-refractivity contribution in [3.05, 3.63) is 47.3 Å². The number of alkyl halides is 3. The van der Waals surface area contributed by atoms with Gasteiger partial charge in [0.25, 0.3) is 0 Å². The van der Waals surface area contributed by atoms with Crippen molar-refractivity contribution in [2.24, 2.45) is 0 Å². The fraction of sp³-hybridized carbons (Fsp3) is 0.286. The summed E-state index contributed by atoms with van der Waals surface area (Å²) in [6.45, 7) is 0.440. The molecule has 0 aliphatic heterocycles. The molecule has 0 amide bonds. The third kappa shape index (κ3) is 4.69. The van der Waals surface area contributed by atoms with Gasteiger partial charge >= 0.3 is 6.18 Å². The minimum absolute atomic E-state index is 0.0396. The van der Waals surface area contributed by atoms with Crippen LogP contribution in [0.25, 0.3) is 10.4 Å². The number of thiophene rings is 1. The number of nitrogens with one attached hydrogen (secondary N) is 1. The highest BCUT2D eigenvalue weighted by Crippen LogP contribution is 2.27. The van der Waals surface area contributed by atoms with E-state index in [-0.39, 0.29) is 6.54 Å². The van der Waals surface area contributed by atoms with Gasteiger partial charge in [0.1, 0.15) is 0 Å². The Balaban J connectivity index is 1.85. The largest absolute Gasteiger partial charge is 0.390 e. The maximum absolute atomic E-state index is 12.0. The van der Waals surface area contributed by atoms with Gasteiger partial charge in [-0.2, -0.15) is 13.2 Å². The van der Waals surface area contributed by atoms with Gasteiger partial charge in [0.05, 0.1) is 6.42 Å². The first-order chi connectivity index (χ1) is 9.04. The van der Waals surface area contributed by atoms with Crippen molar-refractivity contribution in [1.82, 2.24) is 5.32 Å². The SMILES string of the molecule is FC(F)(F)CCNCc1ccc(-c2ccccc2)s1. The van der Waals surface area contributed by atoms with Crippen molar-refractivity contribution in [3.63, 3.8) is 0 Å². The van der Waals surface area contributed by atoms with Crippen molar-refractivity contribution in [2.75, 3.05) is 6.54 Å². The standard InChI is InChI=1S/C14H14F3NS/c15-14(16,17)8-9-18-10-12-6-7-13(19-12)11-4-2-1-3-5-11/h1-7,18H,8-10H2. The average Bonchev–Trinajstić information content (AvgIpc) is 2.83. The first-order valence-electron chi connectivity index (χ1n) is 5.96. The Bertz CT molecular complexity index is 505. The van der Waals surface area contributed by atoms with E-state index in [0.717, 1.165) is 15.3 Å². The summed E-state index contributed by atoms with van der Waals surface area (Å²) in [6, 6.07) is 13.9. The highest BCUT2D eigenvalue weighted by Gasteiger charge is 2.25. The highest BCUT2D eigenvalue weighted by molar-refractivity contribution is 7.15. The van der Waals surface area contributed by atoms with Crippen molar-refractivity contribution >= 4 is 11.3 Å². The molecule has 0 aliphatic rings. The van der Waals surface area contributed by atoms with E-state index in [4.69, 9.17) is 0 Å². The van der Waals surface area contributed by atoms with Crippen LogP contribution < -0.4 is 5.32 Å².